The van der Waals surface area contributed by atoms with E-state index in [9.17, 15) is 9.59 Å². The minimum absolute atomic E-state index is 0.0143. The lowest BCUT2D eigenvalue weighted by atomic mass is 9.87. The fraction of sp³-hybridized carbons (Fsp3) is 0.857. The van der Waals surface area contributed by atoms with Gasteiger partial charge in [-0.3, -0.25) is 9.59 Å². The van der Waals surface area contributed by atoms with E-state index in [1.807, 2.05) is 18.7 Å². The Hall–Kier alpha value is -1.06. The van der Waals surface area contributed by atoms with Gasteiger partial charge in [-0.1, -0.05) is 33.1 Å². The molecule has 1 unspecified atom stereocenters. The molecule has 1 saturated heterocycles. The number of hydrogen-bond acceptors (Lipinski definition) is 2. The number of carbonyl (C=O) groups is 2. The van der Waals surface area contributed by atoms with Crippen LogP contribution in [0.1, 0.15) is 46.0 Å². The molecule has 1 aliphatic heterocycles. The van der Waals surface area contributed by atoms with Crippen molar-refractivity contribution in [3.05, 3.63) is 0 Å². The van der Waals surface area contributed by atoms with Gasteiger partial charge in [-0.05, 0) is 18.8 Å². The first kappa shape index (κ1) is 13.4. The largest absolute Gasteiger partial charge is 0.353 e. The lowest BCUT2D eigenvalue weighted by Crippen LogP contribution is -2.60. The van der Waals surface area contributed by atoms with Crippen molar-refractivity contribution in [2.75, 3.05) is 13.1 Å². The van der Waals surface area contributed by atoms with Gasteiger partial charge in [0, 0.05) is 19.0 Å². The first-order chi connectivity index (χ1) is 8.61. The minimum atomic E-state index is -0.270. The molecule has 0 spiro atoms. The van der Waals surface area contributed by atoms with Gasteiger partial charge >= 0.3 is 0 Å². The zero-order valence-corrected chi connectivity index (χ0v) is 11.4. The Morgan fingerprint density at radius 2 is 1.94 bits per heavy atom. The van der Waals surface area contributed by atoms with Crippen LogP contribution in [-0.2, 0) is 9.59 Å². The van der Waals surface area contributed by atoms with E-state index < -0.39 is 0 Å². The molecule has 2 aliphatic rings. The molecule has 0 radical (unpaired) electrons. The van der Waals surface area contributed by atoms with Crippen LogP contribution in [0.25, 0.3) is 0 Å². The van der Waals surface area contributed by atoms with E-state index in [-0.39, 0.29) is 29.7 Å². The van der Waals surface area contributed by atoms with E-state index in [0.717, 1.165) is 25.7 Å². The van der Waals surface area contributed by atoms with Crippen LogP contribution in [0.5, 0.6) is 0 Å². The van der Waals surface area contributed by atoms with Gasteiger partial charge in [-0.2, -0.15) is 0 Å². The Morgan fingerprint density at radius 3 is 2.56 bits per heavy atom. The normalized spacial score (nSPS) is 26.3. The zero-order valence-electron chi connectivity index (χ0n) is 11.4. The molecule has 1 saturated carbocycles. The molecule has 2 amide bonds. The second-order valence-corrected chi connectivity index (χ2v) is 5.85. The van der Waals surface area contributed by atoms with Crippen molar-refractivity contribution in [3.63, 3.8) is 0 Å². The van der Waals surface area contributed by atoms with Gasteiger partial charge in [0.1, 0.15) is 6.04 Å². The summed E-state index contributed by atoms with van der Waals surface area (Å²) in [5, 5.41) is 2.87. The highest BCUT2D eigenvalue weighted by molar-refractivity contribution is 5.89. The van der Waals surface area contributed by atoms with E-state index in [2.05, 4.69) is 5.32 Å². The fourth-order valence-electron chi connectivity index (χ4n) is 3.18. The smallest absolute Gasteiger partial charge is 0.243 e. The minimum Gasteiger partial charge on any atom is -0.353 e. The van der Waals surface area contributed by atoms with Crippen molar-refractivity contribution in [2.24, 2.45) is 11.8 Å². The van der Waals surface area contributed by atoms with Crippen LogP contribution < -0.4 is 5.32 Å². The second kappa shape index (κ2) is 5.72. The van der Waals surface area contributed by atoms with Gasteiger partial charge in [0.15, 0.2) is 0 Å². The third kappa shape index (κ3) is 2.68. The zero-order chi connectivity index (χ0) is 13.1. The van der Waals surface area contributed by atoms with Crippen LogP contribution in [0.15, 0.2) is 0 Å². The highest BCUT2D eigenvalue weighted by Crippen LogP contribution is 2.27. The molecule has 1 aliphatic carbocycles. The number of nitrogens with zero attached hydrogens (tertiary/aromatic N) is 1. The molecule has 4 heteroatoms. The predicted octanol–water partition coefficient (Wildman–Crippen LogP) is 1.55. The Kier molecular flexibility index (Phi) is 4.25. The molecule has 0 aromatic rings. The van der Waals surface area contributed by atoms with Crippen LogP contribution in [0.2, 0.25) is 0 Å². The topological polar surface area (TPSA) is 49.4 Å². The monoisotopic (exact) mass is 252 g/mol. The van der Waals surface area contributed by atoms with E-state index in [1.54, 1.807) is 0 Å². The van der Waals surface area contributed by atoms with Crippen LogP contribution >= 0.6 is 0 Å². The van der Waals surface area contributed by atoms with Crippen LogP contribution in [0.4, 0.5) is 0 Å². The molecular formula is C14H24N2O2. The standard InChI is InChI=1S/C14H24N2O2/c1-10(2)12-13(17)15-8-9-16(12)14(18)11-6-4-3-5-7-11/h10-12H,3-9H2,1-2H3,(H,15,17). The molecule has 1 atom stereocenters. The molecule has 1 N–H and O–H groups in total. The molecule has 4 nitrogen and oxygen atoms in total. The van der Waals surface area contributed by atoms with Gasteiger partial charge in [0.2, 0.25) is 11.8 Å². The average Bonchev–Trinajstić information content (AvgIpc) is 2.38. The lowest BCUT2D eigenvalue weighted by Gasteiger charge is -2.39. The Balaban J connectivity index is 2.08. The van der Waals surface area contributed by atoms with Gasteiger partial charge in [-0.25, -0.2) is 0 Å². The number of carbonyl (C=O) groups excluding carboxylic acids is 2. The molecule has 0 aromatic heterocycles. The highest BCUT2D eigenvalue weighted by atomic mass is 16.2. The summed E-state index contributed by atoms with van der Waals surface area (Å²) in [6.07, 6.45) is 5.56. The lowest BCUT2D eigenvalue weighted by molar-refractivity contribution is -0.148. The number of nitrogens with one attached hydrogen (secondary N) is 1. The maximum Gasteiger partial charge on any atom is 0.243 e. The molecular weight excluding hydrogens is 228 g/mol. The Morgan fingerprint density at radius 1 is 1.28 bits per heavy atom. The van der Waals surface area contributed by atoms with Gasteiger partial charge < -0.3 is 10.2 Å². The third-order valence-corrected chi connectivity index (χ3v) is 4.13. The quantitative estimate of drug-likeness (QED) is 0.810. The van der Waals surface area contributed by atoms with Crippen LogP contribution in [0.3, 0.4) is 0 Å². The summed E-state index contributed by atoms with van der Waals surface area (Å²) >= 11 is 0. The van der Waals surface area contributed by atoms with Crippen molar-refractivity contribution in [3.8, 4) is 0 Å². The number of amides is 2. The molecule has 18 heavy (non-hydrogen) atoms. The summed E-state index contributed by atoms with van der Waals surface area (Å²) in [5.41, 5.74) is 0. The molecule has 0 bridgehead atoms. The molecule has 2 fully saturated rings. The predicted molar refractivity (Wildman–Crippen MR) is 69.9 cm³/mol. The molecule has 2 rings (SSSR count). The van der Waals surface area contributed by atoms with Crippen LogP contribution in [0, 0.1) is 11.8 Å². The average molecular weight is 252 g/mol. The number of piperazine rings is 1. The maximum absolute atomic E-state index is 12.6. The van der Waals surface area contributed by atoms with E-state index >= 15 is 0 Å². The summed E-state index contributed by atoms with van der Waals surface area (Å²) in [6.45, 7) is 5.29. The summed E-state index contributed by atoms with van der Waals surface area (Å²) in [4.78, 5) is 26.3. The fourth-order valence-corrected chi connectivity index (χ4v) is 3.18. The SMILES string of the molecule is CC(C)C1C(=O)NCCN1C(=O)C1CCCCC1. The maximum atomic E-state index is 12.6. The third-order valence-electron chi connectivity index (χ3n) is 4.13. The van der Waals surface area contributed by atoms with Gasteiger partial charge in [0.25, 0.3) is 0 Å². The van der Waals surface area contributed by atoms with E-state index in [4.69, 9.17) is 0 Å². The first-order valence-electron chi connectivity index (χ1n) is 7.19. The second-order valence-electron chi connectivity index (χ2n) is 5.85. The van der Waals surface area contributed by atoms with Gasteiger partial charge in [0.05, 0.1) is 0 Å². The van der Waals surface area contributed by atoms with Crippen molar-refractivity contribution in [1.29, 1.82) is 0 Å². The molecule has 1 heterocycles. The molecule has 102 valence electrons. The van der Waals surface area contributed by atoms with Crippen molar-refractivity contribution < 1.29 is 9.59 Å². The Bertz CT molecular complexity index is 322. The highest BCUT2D eigenvalue weighted by Gasteiger charge is 2.37. The van der Waals surface area contributed by atoms with E-state index in [0.29, 0.717) is 13.1 Å². The van der Waals surface area contributed by atoms with Crippen molar-refractivity contribution in [1.82, 2.24) is 10.2 Å². The Labute approximate surface area is 109 Å². The summed E-state index contributed by atoms with van der Waals surface area (Å²) < 4.78 is 0. The number of rotatable bonds is 2. The van der Waals surface area contributed by atoms with Gasteiger partial charge in [-0.15, -0.1) is 0 Å². The molecule has 0 aromatic carbocycles. The summed E-state index contributed by atoms with van der Waals surface area (Å²) in [5.74, 6) is 0.562. The summed E-state index contributed by atoms with van der Waals surface area (Å²) in [7, 11) is 0. The van der Waals surface area contributed by atoms with Crippen LogP contribution in [-0.4, -0.2) is 35.8 Å². The van der Waals surface area contributed by atoms with Crippen molar-refractivity contribution >= 4 is 11.8 Å². The first-order valence-corrected chi connectivity index (χ1v) is 7.19. The van der Waals surface area contributed by atoms with Crippen molar-refractivity contribution in [2.45, 2.75) is 52.0 Å². The summed E-state index contributed by atoms with van der Waals surface area (Å²) in [6, 6.07) is -0.270. The number of hydrogen-bond donors (Lipinski definition) is 1. The van der Waals surface area contributed by atoms with E-state index in [1.165, 1.54) is 6.42 Å².